The highest BCUT2D eigenvalue weighted by Gasteiger charge is 2.11. The standard InChI is InChI=1S/C20H22ClNO2/c1-14-6-7-15(2)18(12-14)19(23)8-9-20(24)22-11-10-16-4-3-5-17(21)13-16/h3-7,12-13H,8-11H2,1-2H3,(H,22,24). The van der Waals surface area contributed by atoms with Gasteiger partial charge in [-0.2, -0.15) is 0 Å². The van der Waals surface area contributed by atoms with Crippen molar-refractivity contribution in [3.8, 4) is 0 Å². The van der Waals surface area contributed by atoms with Crippen LogP contribution in [0.5, 0.6) is 0 Å². The number of nitrogens with one attached hydrogen (secondary N) is 1. The number of halogens is 1. The van der Waals surface area contributed by atoms with Gasteiger partial charge in [-0.05, 0) is 49.6 Å². The van der Waals surface area contributed by atoms with Crippen LogP contribution >= 0.6 is 11.6 Å². The fourth-order valence-electron chi connectivity index (χ4n) is 2.53. The van der Waals surface area contributed by atoms with Gasteiger partial charge in [0.15, 0.2) is 5.78 Å². The lowest BCUT2D eigenvalue weighted by molar-refractivity contribution is -0.121. The smallest absolute Gasteiger partial charge is 0.220 e. The van der Waals surface area contributed by atoms with Crippen molar-refractivity contribution in [3.05, 3.63) is 69.7 Å². The number of ketones is 1. The molecule has 0 spiro atoms. The molecule has 2 aromatic carbocycles. The quantitative estimate of drug-likeness (QED) is 0.763. The SMILES string of the molecule is Cc1ccc(C)c(C(=O)CCC(=O)NCCc2cccc(Cl)c2)c1. The van der Waals surface area contributed by atoms with Crippen LogP contribution in [0.2, 0.25) is 5.02 Å². The summed E-state index contributed by atoms with van der Waals surface area (Å²) in [5.41, 5.74) is 3.79. The van der Waals surface area contributed by atoms with E-state index in [4.69, 9.17) is 11.6 Å². The second-order valence-corrected chi connectivity index (χ2v) is 6.41. The maximum Gasteiger partial charge on any atom is 0.220 e. The number of carbonyl (C=O) groups excluding carboxylic acids is 2. The number of benzene rings is 2. The Morgan fingerprint density at radius 3 is 2.58 bits per heavy atom. The molecular weight excluding hydrogens is 322 g/mol. The maximum absolute atomic E-state index is 12.3. The van der Waals surface area contributed by atoms with Crippen LogP contribution < -0.4 is 5.32 Å². The molecule has 3 nitrogen and oxygen atoms in total. The Bertz CT molecular complexity index is 740. The molecule has 0 aliphatic carbocycles. The molecule has 0 saturated heterocycles. The van der Waals surface area contributed by atoms with Crippen molar-refractivity contribution in [2.45, 2.75) is 33.1 Å². The summed E-state index contributed by atoms with van der Waals surface area (Å²) in [7, 11) is 0. The molecule has 126 valence electrons. The summed E-state index contributed by atoms with van der Waals surface area (Å²) in [4.78, 5) is 24.2. The minimum absolute atomic E-state index is 0.0150. The van der Waals surface area contributed by atoms with Crippen LogP contribution in [0, 0.1) is 13.8 Å². The van der Waals surface area contributed by atoms with Crippen molar-refractivity contribution in [1.82, 2.24) is 5.32 Å². The zero-order chi connectivity index (χ0) is 17.5. The largest absolute Gasteiger partial charge is 0.356 e. The second-order valence-electron chi connectivity index (χ2n) is 5.97. The van der Waals surface area contributed by atoms with Gasteiger partial charge in [-0.25, -0.2) is 0 Å². The van der Waals surface area contributed by atoms with Crippen LogP contribution in [0.1, 0.15) is 39.9 Å². The number of carbonyl (C=O) groups is 2. The van der Waals surface area contributed by atoms with E-state index in [-0.39, 0.29) is 24.5 Å². The molecule has 0 atom stereocenters. The van der Waals surface area contributed by atoms with E-state index >= 15 is 0 Å². The molecule has 0 fully saturated rings. The Morgan fingerprint density at radius 2 is 1.83 bits per heavy atom. The fourth-order valence-corrected chi connectivity index (χ4v) is 2.74. The summed E-state index contributed by atoms with van der Waals surface area (Å²) in [5.74, 6) is -0.0862. The highest BCUT2D eigenvalue weighted by atomic mass is 35.5. The number of hydrogen-bond acceptors (Lipinski definition) is 2. The molecule has 0 unspecified atom stereocenters. The molecule has 0 aromatic heterocycles. The normalized spacial score (nSPS) is 10.5. The van der Waals surface area contributed by atoms with E-state index in [1.807, 2.05) is 56.3 Å². The molecule has 0 radical (unpaired) electrons. The Balaban J connectivity index is 1.76. The molecule has 1 N–H and O–H groups in total. The highest BCUT2D eigenvalue weighted by molar-refractivity contribution is 6.30. The molecule has 24 heavy (non-hydrogen) atoms. The van der Waals surface area contributed by atoms with Gasteiger partial charge in [0.25, 0.3) is 0 Å². The number of amides is 1. The van der Waals surface area contributed by atoms with Crippen LogP contribution in [0.25, 0.3) is 0 Å². The van der Waals surface area contributed by atoms with E-state index < -0.39 is 0 Å². The highest BCUT2D eigenvalue weighted by Crippen LogP contribution is 2.14. The van der Waals surface area contributed by atoms with Crippen LogP contribution in [-0.2, 0) is 11.2 Å². The van der Waals surface area contributed by atoms with Gasteiger partial charge in [-0.15, -0.1) is 0 Å². The summed E-state index contributed by atoms with van der Waals surface area (Å²) in [6.07, 6.45) is 1.16. The van der Waals surface area contributed by atoms with Gasteiger partial charge in [0.1, 0.15) is 0 Å². The van der Waals surface area contributed by atoms with Crippen LogP contribution in [0.4, 0.5) is 0 Å². The van der Waals surface area contributed by atoms with Crippen molar-refractivity contribution in [1.29, 1.82) is 0 Å². The van der Waals surface area contributed by atoms with E-state index in [0.29, 0.717) is 17.1 Å². The lowest BCUT2D eigenvalue weighted by Gasteiger charge is -2.07. The van der Waals surface area contributed by atoms with Crippen molar-refractivity contribution in [3.63, 3.8) is 0 Å². The first-order valence-electron chi connectivity index (χ1n) is 8.07. The summed E-state index contributed by atoms with van der Waals surface area (Å²) >= 11 is 5.93. The first-order chi connectivity index (χ1) is 11.5. The summed E-state index contributed by atoms with van der Waals surface area (Å²) in [6, 6.07) is 13.4. The zero-order valence-electron chi connectivity index (χ0n) is 14.1. The first kappa shape index (κ1) is 18.2. The van der Waals surface area contributed by atoms with Gasteiger partial charge < -0.3 is 5.32 Å². The molecule has 0 aliphatic rings. The Hall–Kier alpha value is -2.13. The molecular formula is C20H22ClNO2. The fraction of sp³-hybridized carbons (Fsp3) is 0.300. The third kappa shape index (κ3) is 5.50. The Morgan fingerprint density at radius 1 is 1.04 bits per heavy atom. The topological polar surface area (TPSA) is 46.2 Å². The lowest BCUT2D eigenvalue weighted by atomic mass is 9.99. The average molecular weight is 344 g/mol. The number of rotatable bonds is 7. The molecule has 1 amide bonds. The monoisotopic (exact) mass is 343 g/mol. The zero-order valence-corrected chi connectivity index (χ0v) is 14.8. The second kappa shape index (κ2) is 8.65. The van der Waals surface area contributed by atoms with Crippen molar-refractivity contribution in [2.75, 3.05) is 6.54 Å². The van der Waals surface area contributed by atoms with E-state index in [1.165, 1.54) is 0 Å². The molecule has 2 rings (SSSR count). The third-order valence-electron chi connectivity index (χ3n) is 3.90. The molecule has 0 aliphatic heterocycles. The van der Waals surface area contributed by atoms with Crippen LogP contribution in [0.15, 0.2) is 42.5 Å². The van der Waals surface area contributed by atoms with Gasteiger partial charge in [0, 0.05) is 30.0 Å². The minimum atomic E-state index is -0.101. The van der Waals surface area contributed by atoms with Gasteiger partial charge in [-0.1, -0.05) is 41.4 Å². The van der Waals surface area contributed by atoms with Gasteiger partial charge in [0.2, 0.25) is 5.91 Å². The van der Waals surface area contributed by atoms with Crippen LogP contribution in [-0.4, -0.2) is 18.2 Å². The average Bonchev–Trinajstić information content (AvgIpc) is 2.55. The van der Waals surface area contributed by atoms with E-state index in [9.17, 15) is 9.59 Å². The predicted molar refractivity (Wildman–Crippen MR) is 97.6 cm³/mol. The van der Waals surface area contributed by atoms with E-state index in [1.54, 1.807) is 0 Å². The Kier molecular flexibility index (Phi) is 6.56. The third-order valence-corrected chi connectivity index (χ3v) is 4.13. The summed E-state index contributed by atoms with van der Waals surface area (Å²) < 4.78 is 0. The lowest BCUT2D eigenvalue weighted by Crippen LogP contribution is -2.26. The molecule has 4 heteroatoms. The number of Topliss-reactive ketones (excluding diaryl/α,β-unsaturated/α-hetero) is 1. The van der Waals surface area contributed by atoms with Gasteiger partial charge >= 0.3 is 0 Å². The van der Waals surface area contributed by atoms with E-state index in [0.717, 1.165) is 23.1 Å². The molecule has 0 saturated carbocycles. The Labute approximate surface area is 148 Å². The summed E-state index contributed by atoms with van der Waals surface area (Å²) in [5, 5.41) is 3.54. The van der Waals surface area contributed by atoms with Gasteiger partial charge in [-0.3, -0.25) is 9.59 Å². The summed E-state index contributed by atoms with van der Waals surface area (Å²) in [6.45, 7) is 4.41. The van der Waals surface area contributed by atoms with Crippen LogP contribution in [0.3, 0.4) is 0 Å². The number of hydrogen-bond donors (Lipinski definition) is 1. The first-order valence-corrected chi connectivity index (χ1v) is 8.45. The predicted octanol–water partition coefficient (Wildman–Crippen LogP) is 4.28. The number of aryl methyl sites for hydroxylation is 2. The molecule has 0 bridgehead atoms. The van der Waals surface area contributed by atoms with Crippen molar-refractivity contribution in [2.24, 2.45) is 0 Å². The molecule has 2 aromatic rings. The minimum Gasteiger partial charge on any atom is -0.356 e. The maximum atomic E-state index is 12.3. The molecule has 0 heterocycles. The van der Waals surface area contributed by atoms with Crippen molar-refractivity contribution >= 4 is 23.3 Å². The van der Waals surface area contributed by atoms with E-state index in [2.05, 4.69) is 5.32 Å². The van der Waals surface area contributed by atoms with Crippen molar-refractivity contribution < 1.29 is 9.59 Å². The van der Waals surface area contributed by atoms with Gasteiger partial charge in [0.05, 0.1) is 0 Å².